The second-order valence-electron chi connectivity index (χ2n) is 25.3. The van der Waals surface area contributed by atoms with Crippen LogP contribution in [0.1, 0.15) is 22.3 Å². The number of benzene rings is 16. The van der Waals surface area contributed by atoms with Crippen LogP contribution >= 0.6 is 11.6 Å². The molecule has 1 aliphatic rings. The first-order valence-corrected chi connectivity index (χ1v) is 33.6. The summed E-state index contributed by atoms with van der Waals surface area (Å²) in [5.41, 5.74) is 24.7. The molecule has 0 N–H and O–H groups in total. The van der Waals surface area contributed by atoms with Crippen molar-refractivity contribution < 1.29 is 0 Å². The minimum absolute atomic E-state index is 0.507. The van der Waals surface area contributed by atoms with Gasteiger partial charge in [0, 0.05) is 55.0 Å². The molecule has 2 aromatic heterocycles. The predicted molar refractivity (Wildman–Crippen MR) is 410 cm³/mol. The van der Waals surface area contributed by atoms with Gasteiger partial charge in [-0.2, -0.15) is 0 Å². The van der Waals surface area contributed by atoms with E-state index in [4.69, 9.17) is 11.6 Å². The van der Waals surface area contributed by atoms with Gasteiger partial charge in [0.15, 0.2) is 0 Å². The highest BCUT2D eigenvalue weighted by atomic mass is 35.5. The van der Waals surface area contributed by atoms with Crippen LogP contribution in [-0.2, 0) is 5.41 Å². The van der Waals surface area contributed by atoms with E-state index in [2.05, 4.69) is 378 Å². The molecule has 18 aromatic rings. The van der Waals surface area contributed by atoms with E-state index in [0.717, 1.165) is 22.1 Å². The van der Waals surface area contributed by atoms with Crippen LogP contribution in [0.5, 0.6) is 0 Å². The van der Waals surface area contributed by atoms with Gasteiger partial charge in [-0.05, 0) is 198 Å². The van der Waals surface area contributed by atoms with Crippen molar-refractivity contribution in [2.45, 2.75) is 5.41 Å². The Hall–Kier alpha value is -12.3. The molecule has 0 bridgehead atoms. The summed E-state index contributed by atoms with van der Waals surface area (Å²) in [4.78, 5) is 2.42. The lowest BCUT2D eigenvalue weighted by Gasteiger charge is -2.35. The lowest BCUT2D eigenvalue weighted by molar-refractivity contribution is 0.768. The fourth-order valence-electron chi connectivity index (χ4n) is 15.4. The SMILES string of the molecule is Clc1ccc(-c2ccc3c(c2)c2ccccc2n3-c2ccc3ccccc3c2)cc1.c1ccc(-c2ccc(N(c3ccc(-c4ccc5c(c4)c4ccccc4n5-c4ccc5ccccc5c4)cc3)c3ccc4c(c3)C(c3ccccc3)(c3ccccc3)c3ccccc3-4)cc2)cc1. The highest BCUT2D eigenvalue weighted by Crippen LogP contribution is 2.57. The second kappa shape index (κ2) is 23.9. The van der Waals surface area contributed by atoms with Crippen molar-refractivity contribution in [3.8, 4) is 55.9 Å². The van der Waals surface area contributed by atoms with Crippen molar-refractivity contribution in [3.63, 3.8) is 0 Å². The minimum atomic E-state index is -0.507. The van der Waals surface area contributed by atoms with E-state index in [9.17, 15) is 0 Å². The highest BCUT2D eigenvalue weighted by molar-refractivity contribution is 6.30. The fourth-order valence-corrected chi connectivity index (χ4v) is 15.5. The molecule has 97 heavy (non-hydrogen) atoms. The number of fused-ring (bicyclic) bond motifs is 11. The molecule has 1 aliphatic carbocycles. The molecule has 0 aliphatic heterocycles. The van der Waals surface area contributed by atoms with Crippen LogP contribution in [0.15, 0.2) is 376 Å². The summed E-state index contributed by atoms with van der Waals surface area (Å²) in [7, 11) is 0. The van der Waals surface area contributed by atoms with Crippen LogP contribution in [0.3, 0.4) is 0 Å². The van der Waals surface area contributed by atoms with E-state index in [1.165, 1.54) is 143 Å². The summed E-state index contributed by atoms with van der Waals surface area (Å²) in [6.45, 7) is 0. The molecule has 4 heteroatoms. The van der Waals surface area contributed by atoms with Gasteiger partial charge in [-0.25, -0.2) is 0 Å². The average molecular weight is 1260 g/mol. The maximum atomic E-state index is 6.08. The van der Waals surface area contributed by atoms with Crippen molar-refractivity contribution >= 4 is 93.8 Å². The van der Waals surface area contributed by atoms with E-state index in [1.807, 2.05) is 12.1 Å². The first-order chi connectivity index (χ1) is 48.0. The Morgan fingerprint density at radius 2 is 0.619 bits per heavy atom. The third-order valence-electron chi connectivity index (χ3n) is 19.9. The van der Waals surface area contributed by atoms with Crippen LogP contribution in [0, 0.1) is 0 Å². The van der Waals surface area contributed by atoms with Gasteiger partial charge in [0.05, 0.1) is 27.5 Å². The van der Waals surface area contributed by atoms with E-state index in [1.54, 1.807) is 0 Å². The Labute approximate surface area is 568 Å². The van der Waals surface area contributed by atoms with Gasteiger partial charge in [-0.15, -0.1) is 0 Å². The summed E-state index contributed by atoms with van der Waals surface area (Å²) in [6.07, 6.45) is 0. The van der Waals surface area contributed by atoms with Gasteiger partial charge in [0.1, 0.15) is 0 Å². The van der Waals surface area contributed by atoms with Gasteiger partial charge in [-0.3, -0.25) is 0 Å². The maximum absolute atomic E-state index is 6.08. The van der Waals surface area contributed by atoms with E-state index >= 15 is 0 Å². The molecule has 0 amide bonds. The summed E-state index contributed by atoms with van der Waals surface area (Å²) in [6, 6.07) is 137. The van der Waals surface area contributed by atoms with Crippen LogP contribution in [-0.4, -0.2) is 9.13 Å². The van der Waals surface area contributed by atoms with E-state index in [0.29, 0.717) is 0 Å². The number of halogens is 1. The van der Waals surface area contributed by atoms with Gasteiger partial charge < -0.3 is 14.0 Å². The fraction of sp³-hybridized carbons (Fsp3) is 0.0108. The second-order valence-corrected chi connectivity index (χ2v) is 25.7. The van der Waals surface area contributed by atoms with Crippen LogP contribution < -0.4 is 4.90 Å². The third-order valence-corrected chi connectivity index (χ3v) is 20.1. The van der Waals surface area contributed by atoms with Crippen molar-refractivity contribution in [1.82, 2.24) is 9.13 Å². The molecule has 0 saturated carbocycles. The van der Waals surface area contributed by atoms with Crippen molar-refractivity contribution in [2.24, 2.45) is 0 Å². The Kier molecular flexibility index (Phi) is 14.2. The van der Waals surface area contributed by atoms with E-state index < -0.39 is 5.41 Å². The van der Waals surface area contributed by atoms with Gasteiger partial charge >= 0.3 is 0 Å². The number of hydrogen-bond acceptors (Lipinski definition) is 1. The minimum Gasteiger partial charge on any atom is -0.310 e. The average Bonchev–Trinajstić information content (AvgIpc) is 1.58. The molecule has 0 atom stereocenters. The zero-order valence-corrected chi connectivity index (χ0v) is 53.8. The summed E-state index contributed by atoms with van der Waals surface area (Å²) in [5, 5.41) is 10.7. The molecule has 19 rings (SSSR count). The summed E-state index contributed by atoms with van der Waals surface area (Å²) < 4.78 is 4.77. The topological polar surface area (TPSA) is 13.1 Å². The standard InChI is InChI=1S/C65H44N2.C28H18ClN/c1-4-16-45(17-5-1)47-28-34-53(35-29-47)66(56-39-40-58-57-24-12-14-26-61(57)65(62(58)44-56,51-20-6-2-7-21-51)52-22-8-3-9-23-52)54-36-30-48(31-37-54)50-33-41-64-60(43-50)59-25-13-15-27-63(59)67(64)55-38-32-46-18-10-11-19-49(46)42-55;29-23-13-9-20(10-14-23)22-12-16-28-26(18-22)25-7-3-4-8-27(25)30(28)24-15-11-19-5-1-2-6-21(19)17-24/h1-44H;1-18H. The van der Waals surface area contributed by atoms with Crippen molar-refractivity contribution in [2.75, 3.05) is 4.90 Å². The lowest BCUT2D eigenvalue weighted by atomic mass is 9.67. The number of rotatable bonds is 10. The molecule has 0 saturated heterocycles. The molecule has 0 spiro atoms. The molecular formula is C93H62ClN3. The Bertz CT molecular complexity index is 5950. The van der Waals surface area contributed by atoms with Gasteiger partial charge in [0.2, 0.25) is 0 Å². The molecule has 0 radical (unpaired) electrons. The normalized spacial score (nSPS) is 12.3. The van der Waals surface area contributed by atoms with Crippen LogP contribution in [0.2, 0.25) is 5.02 Å². The van der Waals surface area contributed by atoms with Crippen molar-refractivity contribution in [3.05, 3.63) is 403 Å². The Morgan fingerprint density at radius 1 is 0.237 bits per heavy atom. The number of para-hydroxylation sites is 2. The third kappa shape index (κ3) is 9.90. The monoisotopic (exact) mass is 1260 g/mol. The number of aromatic nitrogens is 2. The molecule has 3 nitrogen and oxygen atoms in total. The first kappa shape index (κ1) is 57.4. The number of anilines is 3. The molecular weight excluding hydrogens is 1190 g/mol. The molecule has 0 unspecified atom stereocenters. The first-order valence-electron chi connectivity index (χ1n) is 33.2. The number of hydrogen-bond donors (Lipinski definition) is 0. The highest BCUT2D eigenvalue weighted by Gasteiger charge is 2.46. The van der Waals surface area contributed by atoms with E-state index in [-0.39, 0.29) is 0 Å². The van der Waals surface area contributed by atoms with Crippen molar-refractivity contribution in [1.29, 1.82) is 0 Å². The quantitative estimate of drug-likeness (QED) is 0.133. The van der Waals surface area contributed by atoms with Gasteiger partial charge in [-0.1, -0.05) is 279 Å². The smallest absolute Gasteiger partial charge is 0.0714 e. The van der Waals surface area contributed by atoms with Crippen LogP contribution in [0.4, 0.5) is 17.1 Å². The zero-order chi connectivity index (χ0) is 64.4. The lowest BCUT2D eigenvalue weighted by Crippen LogP contribution is -2.28. The molecule has 16 aromatic carbocycles. The maximum Gasteiger partial charge on any atom is 0.0714 e. The molecule has 0 fully saturated rings. The zero-order valence-electron chi connectivity index (χ0n) is 53.0. The summed E-state index contributed by atoms with van der Waals surface area (Å²) in [5.74, 6) is 0. The summed E-state index contributed by atoms with van der Waals surface area (Å²) >= 11 is 6.08. The Morgan fingerprint density at radius 3 is 1.14 bits per heavy atom. The van der Waals surface area contributed by atoms with Gasteiger partial charge in [0.25, 0.3) is 0 Å². The predicted octanol–water partition coefficient (Wildman–Crippen LogP) is 25.4. The Balaban J connectivity index is 0.000000189. The van der Waals surface area contributed by atoms with Crippen LogP contribution in [0.25, 0.3) is 121 Å². The molecule has 456 valence electrons. The largest absolute Gasteiger partial charge is 0.310 e. The number of nitrogens with zero attached hydrogens (tertiary/aromatic N) is 3. The molecule has 2 heterocycles.